The summed E-state index contributed by atoms with van der Waals surface area (Å²) in [4.78, 5) is 24.9. The number of nitrogens with zero attached hydrogens (tertiary/aromatic N) is 1. The minimum atomic E-state index is -0.886. The third-order valence-corrected chi connectivity index (χ3v) is 3.89. The van der Waals surface area contributed by atoms with Gasteiger partial charge < -0.3 is 20.1 Å². The maximum Gasteiger partial charge on any atom is 0.306 e. The summed E-state index contributed by atoms with van der Waals surface area (Å²) in [6.45, 7) is 4.33. The standard InChI is InChI=1S/C13H22N2O4/c1-9-3-2-4-14-12(9)13(18)15-5-6-19-10(8-15)7-11(16)17/h9-10,12,14H,2-8H2,1H3,(H,16,17). The lowest BCUT2D eigenvalue weighted by Gasteiger charge is -2.37. The van der Waals surface area contributed by atoms with Crippen molar-refractivity contribution in [3.05, 3.63) is 0 Å². The lowest BCUT2D eigenvalue weighted by Crippen LogP contribution is -2.56. The quantitative estimate of drug-likeness (QED) is 0.759. The first-order valence-corrected chi connectivity index (χ1v) is 6.93. The first-order valence-electron chi connectivity index (χ1n) is 6.93. The molecule has 2 heterocycles. The van der Waals surface area contributed by atoms with Crippen molar-refractivity contribution in [1.82, 2.24) is 10.2 Å². The van der Waals surface area contributed by atoms with Crippen molar-refractivity contribution < 1.29 is 19.4 Å². The molecule has 2 aliphatic heterocycles. The second-order valence-electron chi connectivity index (χ2n) is 5.43. The Morgan fingerprint density at radius 3 is 2.95 bits per heavy atom. The average Bonchev–Trinajstić information content (AvgIpc) is 2.38. The van der Waals surface area contributed by atoms with Crippen LogP contribution in [0.4, 0.5) is 0 Å². The van der Waals surface area contributed by atoms with E-state index in [1.807, 2.05) is 0 Å². The Morgan fingerprint density at radius 1 is 1.47 bits per heavy atom. The molecule has 0 saturated carbocycles. The van der Waals surface area contributed by atoms with Crippen molar-refractivity contribution >= 4 is 11.9 Å². The number of aliphatic carboxylic acids is 1. The van der Waals surface area contributed by atoms with E-state index in [1.54, 1.807) is 4.90 Å². The van der Waals surface area contributed by atoms with Crippen LogP contribution in [0.15, 0.2) is 0 Å². The zero-order valence-corrected chi connectivity index (χ0v) is 11.3. The highest BCUT2D eigenvalue weighted by molar-refractivity contribution is 5.82. The number of morpholine rings is 1. The molecular weight excluding hydrogens is 248 g/mol. The maximum atomic E-state index is 12.5. The molecule has 6 heteroatoms. The van der Waals surface area contributed by atoms with Gasteiger partial charge in [0.05, 0.1) is 25.2 Å². The van der Waals surface area contributed by atoms with Crippen LogP contribution in [0, 0.1) is 5.92 Å². The van der Waals surface area contributed by atoms with Crippen molar-refractivity contribution in [2.45, 2.75) is 38.3 Å². The van der Waals surface area contributed by atoms with Crippen LogP contribution in [0.1, 0.15) is 26.2 Å². The van der Waals surface area contributed by atoms with Gasteiger partial charge >= 0.3 is 5.97 Å². The molecule has 0 aliphatic carbocycles. The van der Waals surface area contributed by atoms with Crippen LogP contribution in [0.3, 0.4) is 0 Å². The Kier molecular flexibility index (Phi) is 4.76. The first kappa shape index (κ1) is 14.3. The van der Waals surface area contributed by atoms with Crippen molar-refractivity contribution in [1.29, 1.82) is 0 Å². The van der Waals surface area contributed by atoms with Gasteiger partial charge in [0, 0.05) is 13.1 Å². The Bertz CT molecular complexity index is 348. The number of rotatable bonds is 3. The van der Waals surface area contributed by atoms with E-state index in [1.165, 1.54) is 0 Å². The highest BCUT2D eigenvalue weighted by Crippen LogP contribution is 2.19. The van der Waals surface area contributed by atoms with Gasteiger partial charge in [-0.3, -0.25) is 9.59 Å². The summed E-state index contributed by atoms with van der Waals surface area (Å²) < 4.78 is 5.39. The lowest BCUT2D eigenvalue weighted by atomic mass is 9.91. The summed E-state index contributed by atoms with van der Waals surface area (Å²) in [5, 5.41) is 12.1. The van der Waals surface area contributed by atoms with Crippen LogP contribution in [0.2, 0.25) is 0 Å². The van der Waals surface area contributed by atoms with E-state index in [4.69, 9.17) is 9.84 Å². The second kappa shape index (κ2) is 6.34. The molecule has 19 heavy (non-hydrogen) atoms. The van der Waals surface area contributed by atoms with Crippen molar-refractivity contribution in [3.63, 3.8) is 0 Å². The lowest BCUT2D eigenvalue weighted by molar-refractivity contribution is -0.149. The third kappa shape index (κ3) is 3.67. The first-order chi connectivity index (χ1) is 9.08. The number of amides is 1. The predicted octanol–water partition coefficient (Wildman–Crippen LogP) is 0.0766. The molecule has 6 nitrogen and oxygen atoms in total. The molecule has 0 aromatic rings. The predicted molar refractivity (Wildman–Crippen MR) is 68.8 cm³/mol. The molecular formula is C13H22N2O4. The molecule has 0 radical (unpaired) electrons. The Morgan fingerprint density at radius 2 is 2.26 bits per heavy atom. The van der Waals surface area contributed by atoms with Gasteiger partial charge in [-0.2, -0.15) is 0 Å². The number of carboxylic acid groups (broad SMARTS) is 1. The Labute approximate surface area is 113 Å². The molecule has 2 rings (SSSR count). The molecule has 1 amide bonds. The molecule has 3 unspecified atom stereocenters. The molecule has 2 saturated heterocycles. The van der Waals surface area contributed by atoms with Gasteiger partial charge in [0.1, 0.15) is 0 Å². The van der Waals surface area contributed by atoms with Crippen molar-refractivity contribution in [3.8, 4) is 0 Å². The van der Waals surface area contributed by atoms with Gasteiger partial charge in [-0.25, -0.2) is 0 Å². The van der Waals surface area contributed by atoms with Crippen LogP contribution in [0.5, 0.6) is 0 Å². The highest BCUT2D eigenvalue weighted by Gasteiger charge is 2.33. The number of hydrogen-bond acceptors (Lipinski definition) is 4. The van der Waals surface area contributed by atoms with E-state index < -0.39 is 5.97 Å². The van der Waals surface area contributed by atoms with E-state index in [9.17, 15) is 9.59 Å². The minimum absolute atomic E-state index is 0.0442. The summed E-state index contributed by atoms with van der Waals surface area (Å²) >= 11 is 0. The molecule has 0 aromatic heterocycles. The van der Waals surface area contributed by atoms with Gasteiger partial charge in [0.15, 0.2) is 0 Å². The fraction of sp³-hybridized carbons (Fsp3) is 0.846. The van der Waals surface area contributed by atoms with Gasteiger partial charge in [-0.15, -0.1) is 0 Å². The molecule has 2 N–H and O–H groups in total. The third-order valence-electron chi connectivity index (χ3n) is 3.89. The van der Waals surface area contributed by atoms with Crippen LogP contribution < -0.4 is 5.32 Å². The highest BCUT2D eigenvalue weighted by atomic mass is 16.5. The maximum absolute atomic E-state index is 12.5. The SMILES string of the molecule is CC1CCCNC1C(=O)N1CCOC(CC(=O)O)C1. The summed E-state index contributed by atoms with van der Waals surface area (Å²) in [7, 11) is 0. The number of nitrogens with one attached hydrogen (secondary N) is 1. The van der Waals surface area contributed by atoms with Gasteiger partial charge in [-0.05, 0) is 25.3 Å². The summed E-state index contributed by atoms with van der Waals surface area (Å²) in [5.41, 5.74) is 0. The normalized spacial score (nSPS) is 32.1. The summed E-state index contributed by atoms with van der Waals surface area (Å²) in [5.74, 6) is -0.462. The molecule has 2 fully saturated rings. The summed E-state index contributed by atoms with van der Waals surface area (Å²) in [6, 6.07) is -0.127. The van der Waals surface area contributed by atoms with Crippen molar-refractivity contribution in [2.75, 3.05) is 26.2 Å². The van der Waals surface area contributed by atoms with Gasteiger partial charge in [0.25, 0.3) is 0 Å². The number of ether oxygens (including phenoxy) is 1. The van der Waals surface area contributed by atoms with Crippen LogP contribution in [-0.4, -0.2) is 60.3 Å². The summed E-state index contributed by atoms with van der Waals surface area (Å²) in [6.07, 6.45) is 1.74. The van der Waals surface area contributed by atoms with E-state index in [0.717, 1.165) is 19.4 Å². The largest absolute Gasteiger partial charge is 0.481 e. The number of carboxylic acids is 1. The number of piperidine rings is 1. The zero-order valence-electron chi connectivity index (χ0n) is 11.3. The molecule has 0 aromatic carbocycles. The van der Waals surface area contributed by atoms with Crippen LogP contribution in [-0.2, 0) is 14.3 Å². The molecule has 0 bridgehead atoms. The molecule has 2 aliphatic rings. The van der Waals surface area contributed by atoms with E-state index in [-0.39, 0.29) is 24.5 Å². The number of hydrogen-bond donors (Lipinski definition) is 2. The van der Waals surface area contributed by atoms with E-state index >= 15 is 0 Å². The second-order valence-corrected chi connectivity index (χ2v) is 5.43. The zero-order chi connectivity index (χ0) is 13.8. The molecule has 3 atom stereocenters. The molecule has 0 spiro atoms. The topological polar surface area (TPSA) is 78.9 Å². The fourth-order valence-electron chi connectivity index (χ4n) is 2.81. The Balaban J connectivity index is 1.92. The number of carbonyl (C=O) groups is 2. The monoisotopic (exact) mass is 270 g/mol. The van der Waals surface area contributed by atoms with Gasteiger partial charge in [-0.1, -0.05) is 6.92 Å². The van der Waals surface area contributed by atoms with E-state index in [2.05, 4.69) is 12.2 Å². The molecule has 108 valence electrons. The Hall–Kier alpha value is -1.14. The minimum Gasteiger partial charge on any atom is -0.481 e. The average molecular weight is 270 g/mol. The number of carbonyl (C=O) groups excluding carboxylic acids is 1. The van der Waals surface area contributed by atoms with E-state index in [0.29, 0.717) is 25.6 Å². The van der Waals surface area contributed by atoms with Crippen molar-refractivity contribution in [2.24, 2.45) is 5.92 Å². The fourth-order valence-corrected chi connectivity index (χ4v) is 2.81. The van der Waals surface area contributed by atoms with Crippen LogP contribution in [0.25, 0.3) is 0 Å². The van der Waals surface area contributed by atoms with Gasteiger partial charge in [0.2, 0.25) is 5.91 Å². The smallest absolute Gasteiger partial charge is 0.306 e. The van der Waals surface area contributed by atoms with Crippen LogP contribution >= 0.6 is 0 Å².